The lowest BCUT2D eigenvalue weighted by Crippen LogP contribution is -2.13. The van der Waals surface area contributed by atoms with Crippen molar-refractivity contribution in [2.45, 2.75) is 39.4 Å². The number of aromatic nitrogens is 1. The number of hydrogen-bond acceptors (Lipinski definition) is 5. The van der Waals surface area contributed by atoms with Crippen molar-refractivity contribution in [2.75, 3.05) is 17.7 Å². The summed E-state index contributed by atoms with van der Waals surface area (Å²) in [4.78, 5) is 17.0. The number of benzene rings is 2. The highest BCUT2D eigenvalue weighted by molar-refractivity contribution is 7.98. The molecule has 2 aromatic carbocycles. The fourth-order valence-electron chi connectivity index (χ4n) is 3.09. The van der Waals surface area contributed by atoms with E-state index >= 15 is 0 Å². The number of carbonyl (C=O) groups excluding carboxylic acids is 1. The largest absolute Gasteiger partial charge is 0.494 e. The highest BCUT2D eigenvalue weighted by Crippen LogP contribution is 2.27. The Morgan fingerprint density at radius 2 is 1.87 bits per heavy atom. The zero-order valence-corrected chi connectivity index (χ0v) is 19.4. The monoisotopic (exact) mass is 440 g/mol. The molecule has 0 atom stereocenters. The normalized spacial score (nSPS) is 10.8. The second-order valence-electron chi connectivity index (χ2n) is 7.07. The van der Waals surface area contributed by atoms with E-state index in [9.17, 15) is 4.79 Å². The topological polar surface area (TPSA) is 51.2 Å². The maximum absolute atomic E-state index is 12.2. The van der Waals surface area contributed by atoms with Crippen LogP contribution < -0.4 is 10.1 Å². The Balaban J connectivity index is 1.39. The molecule has 1 amide bonds. The van der Waals surface area contributed by atoms with Crippen molar-refractivity contribution in [2.24, 2.45) is 0 Å². The molecule has 1 N–H and O–H groups in total. The second kappa shape index (κ2) is 11.2. The standard InChI is InChI=1S/C24H28N2O2S2/c1-4-28-21-12-10-19(11-13-21)24-25-20(16-30-24)15-29-14-6-9-22(27)26-23-17(2)7-5-8-18(23)3/h5,7-8,10-13,16H,4,6,9,14-15H2,1-3H3,(H,26,27). The van der Waals surface area contributed by atoms with Crippen LogP contribution in [0.25, 0.3) is 10.6 Å². The number of nitrogens with one attached hydrogen (secondary N) is 1. The summed E-state index contributed by atoms with van der Waals surface area (Å²) in [5.74, 6) is 2.77. The number of thioether (sulfide) groups is 1. The summed E-state index contributed by atoms with van der Waals surface area (Å²) in [5, 5.41) is 6.20. The van der Waals surface area contributed by atoms with Crippen LogP contribution >= 0.6 is 23.1 Å². The van der Waals surface area contributed by atoms with E-state index < -0.39 is 0 Å². The van der Waals surface area contributed by atoms with E-state index in [1.807, 2.05) is 62.9 Å². The van der Waals surface area contributed by atoms with Crippen molar-refractivity contribution in [1.82, 2.24) is 4.98 Å². The summed E-state index contributed by atoms with van der Waals surface area (Å²) < 4.78 is 5.49. The smallest absolute Gasteiger partial charge is 0.224 e. The average Bonchev–Trinajstić information content (AvgIpc) is 3.20. The van der Waals surface area contributed by atoms with Gasteiger partial charge in [0.15, 0.2) is 0 Å². The van der Waals surface area contributed by atoms with Gasteiger partial charge in [0.05, 0.1) is 12.3 Å². The summed E-state index contributed by atoms with van der Waals surface area (Å²) in [6, 6.07) is 14.1. The first-order valence-electron chi connectivity index (χ1n) is 10.2. The van der Waals surface area contributed by atoms with Crippen LogP contribution in [0.4, 0.5) is 5.69 Å². The Morgan fingerprint density at radius 3 is 2.57 bits per heavy atom. The van der Waals surface area contributed by atoms with Gasteiger partial charge in [-0.2, -0.15) is 11.8 Å². The predicted molar refractivity (Wildman–Crippen MR) is 129 cm³/mol. The molecular weight excluding hydrogens is 412 g/mol. The Labute approximate surface area is 187 Å². The van der Waals surface area contributed by atoms with Crippen LogP contribution in [0, 0.1) is 13.8 Å². The lowest BCUT2D eigenvalue weighted by molar-refractivity contribution is -0.116. The zero-order chi connectivity index (χ0) is 21.3. The van der Waals surface area contributed by atoms with Crippen molar-refractivity contribution in [3.05, 3.63) is 64.7 Å². The minimum absolute atomic E-state index is 0.0828. The van der Waals surface area contributed by atoms with Crippen LogP contribution in [0.5, 0.6) is 5.75 Å². The molecule has 0 fully saturated rings. The fourth-order valence-corrected chi connectivity index (χ4v) is 4.87. The molecule has 0 unspecified atom stereocenters. The third kappa shape index (κ3) is 6.34. The van der Waals surface area contributed by atoms with Gasteiger partial charge < -0.3 is 10.1 Å². The van der Waals surface area contributed by atoms with Gasteiger partial charge in [0.2, 0.25) is 5.91 Å². The maximum Gasteiger partial charge on any atom is 0.224 e. The molecule has 0 saturated carbocycles. The third-order valence-corrected chi connectivity index (χ3v) is 6.67. The molecule has 0 spiro atoms. The van der Waals surface area contributed by atoms with Crippen LogP contribution in [0.15, 0.2) is 47.8 Å². The van der Waals surface area contributed by atoms with E-state index in [0.29, 0.717) is 13.0 Å². The fraction of sp³-hybridized carbons (Fsp3) is 0.333. The first-order chi connectivity index (χ1) is 14.6. The molecule has 158 valence electrons. The van der Waals surface area contributed by atoms with Crippen molar-refractivity contribution >= 4 is 34.7 Å². The van der Waals surface area contributed by atoms with E-state index in [1.165, 1.54) is 0 Å². The molecule has 0 saturated heterocycles. The van der Waals surface area contributed by atoms with Crippen LogP contribution in [0.2, 0.25) is 0 Å². The number of aryl methyl sites for hydroxylation is 2. The van der Waals surface area contributed by atoms with E-state index in [1.54, 1.807) is 11.3 Å². The molecule has 0 aliphatic carbocycles. The van der Waals surface area contributed by atoms with Gasteiger partial charge in [0, 0.05) is 28.8 Å². The summed E-state index contributed by atoms with van der Waals surface area (Å²) in [6.45, 7) is 6.70. The van der Waals surface area contributed by atoms with Crippen LogP contribution in [0.1, 0.15) is 36.6 Å². The number of anilines is 1. The average molecular weight is 441 g/mol. The van der Waals surface area contributed by atoms with Crippen LogP contribution in [0.3, 0.4) is 0 Å². The molecule has 0 radical (unpaired) electrons. The number of hydrogen-bond donors (Lipinski definition) is 1. The quantitative estimate of drug-likeness (QED) is 0.367. The van der Waals surface area contributed by atoms with Gasteiger partial charge in [-0.05, 0) is 68.3 Å². The maximum atomic E-state index is 12.2. The molecule has 1 aromatic heterocycles. The number of para-hydroxylation sites is 1. The van der Waals surface area contributed by atoms with E-state index in [0.717, 1.165) is 56.8 Å². The van der Waals surface area contributed by atoms with Gasteiger partial charge in [-0.25, -0.2) is 4.98 Å². The van der Waals surface area contributed by atoms with Crippen LogP contribution in [-0.4, -0.2) is 23.3 Å². The minimum atomic E-state index is 0.0828. The molecule has 3 aromatic rings. The molecule has 6 heteroatoms. The first kappa shape index (κ1) is 22.4. The van der Waals surface area contributed by atoms with E-state index in [2.05, 4.69) is 22.8 Å². The highest BCUT2D eigenvalue weighted by Gasteiger charge is 2.08. The molecule has 0 aliphatic rings. The molecule has 0 aliphatic heterocycles. The summed E-state index contributed by atoms with van der Waals surface area (Å²) >= 11 is 3.49. The number of amides is 1. The molecule has 3 rings (SSSR count). The van der Waals surface area contributed by atoms with E-state index in [4.69, 9.17) is 9.72 Å². The number of ether oxygens (including phenoxy) is 1. The van der Waals surface area contributed by atoms with Crippen molar-refractivity contribution in [3.63, 3.8) is 0 Å². The van der Waals surface area contributed by atoms with Crippen molar-refractivity contribution < 1.29 is 9.53 Å². The molecule has 0 bridgehead atoms. The van der Waals surface area contributed by atoms with Gasteiger partial charge >= 0.3 is 0 Å². The number of thiazole rings is 1. The van der Waals surface area contributed by atoms with Crippen LogP contribution in [-0.2, 0) is 10.5 Å². The molecule has 4 nitrogen and oxygen atoms in total. The Hall–Kier alpha value is -2.31. The Morgan fingerprint density at radius 1 is 1.13 bits per heavy atom. The SMILES string of the molecule is CCOc1ccc(-c2nc(CSCCCC(=O)Nc3c(C)cccc3C)cs2)cc1. The third-order valence-electron chi connectivity index (χ3n) is 4.65. The van der Waals surface area contributed by atoms with Gasteiger partial charge in [0.25, 0.3) is 0 Å². The van der Waals surface area contributed by atoms with Crippen molar-refractivity contribution in [1.29, 1.82) is 0 Å². The summed E-state index contributed by atoms with van der Waals surface area (Å²) in [5.41, 5.74) is 5.35. The Kier molecular flexibility index (Phi) is 8.34. The van der Waals surface area contributed by atoms with Gasteiger partial charge in [-0.15, -0.1) is 11.3 Å². The zero-order valence-electron chi connectivity index (χ0n) is 17.7. The summed E-state index contributed by atoms with van der Waals surface area (Å²) in [7, 11) is 0. The van der Waals surface area contributed by atoms with Gasteiger partial charge in [0.1, 0.15) is 10.8 Å². The highest BCUT2D eigenvalue weighted by atomic mass is 32.2. The predicted octanol–water partition coefficient (Wildman–Crippen LogP) is 6.48. The Bertz CT molecular complexity index is 947. The molecule has 1 heterocycles. The minimum Gasteiger partial charge on any atom is -0.494 e. The lowest BCUT2D eigenvalue weighted by atomic mass is 10.1. The van der Waals surface area contributed by atoms with Gasteiger partial charge in [-0.1, -0.05) is 18.2 Å². The van der Waals surface area contributed by atoms with Gasteiger partial charge in [-0.3, -0.25) is 4.79 Å². The van der Waals surface area contributed by atoms with E-state index in [-0.39, 0.29) is 5.91 Å². The van der Waals surface area contributed by atoms with Crippen molar-refractivity contribution in [3.8, 4) is 16.3 Å². The number of nitrogens with zero attached hydrogens (tertiary/aromatic N) is 1. The number of carbonyl (C=O) groups is 1. The lowest BCUT2D eigenvalue weighted by Gasteiger charge is -2.11. The second-order valence-corrected chi connectivity index (χ2v) is 9.04. The molecular formula is C24H28N2O2S2. The number of rotatable bonds is 10. The first-order valence-corrected chi connectivity index (χ1v) is 12.2. The molecule has 30 heavy (non-hydrogen) atoms. The summed E-state index contributed by atoms with van der Waals surface area (Å²) in [6.07, 6.45) is 1.40.